The molecule has 0 saturated heterocycles. The van der Waals surface area contributed by atoms with E-state index in [9.17, 15) is 4.79 Å². The summed E-state index contributed by atoms with van der Waals surface area (Å²) < 4.78 is 5.82. The molecule has 108 valence electrons. The van der Waals surface area contributed by atoms with Crippen LogP contribution in [0.1, 0.15) is 49.7 Å². The van der Waals surface area contributed by atoms with Crippen LogP contribution in [0, 0.1) is 5.92 Å². The number of fused-ring (bicyclic) bond motifs is 1. The second-order valence-corrected chi connectivity index (χ2v) is 6.12. The summed E-state index contributed by atoms with van der Waals surface area (Å²) >= 11 is 0. The van der Waals surface area contributed by atoms with Crippen molar-refractivity contribution in [2.75, 3.05) is 6.54 Å². The van der Waals surface area contributed by atoms with Crippen LogP contribution in [-0.2, 0) is 16.1 Å². The number of esters is 1. The number of rotatable bonds is 2. The zero-order valence-electron chi connectivity index (χ0n) is 12.1. The van der Waals surface area contributed by atoms with E-state index in [4.69, 9.17) is 4.74 Å². The summed E-state index contributed by atoms with van der Waals surface area (Å²) in [6.07, 6.45) is 4.77. The lowest BCUT2D eigenvalue weighted by Crippen LogP contribution is -2.37. The molecule has 0 bridgehead atoms. The van der Waals surface area contributed by atoms with Crippen molar-refractivity contribution in [2.24, 2.45) is 5.92 Å². The zero-order chi connectivity index (χ0) is 13.9. The Hall–Kier alpha value is -1.35. The van der Waals surface area contributed by atoms with Gasteiger partial charge in [0.05, 0.1) is 5.92 Å². The molecule has 1 aromatic carbocycles. The fraction of sp³-hybridized carbons (Fsp3) is 0.588. The van der Waals surface area contributed by atoms with Gasteiger partial charge < -0.3 is 10.1 Å². The fourth-order valence-corrected chi connectivity index (χ4v) is 3.40. The minimum absolute atomic E-state index is 0.0524. The first-order chi connectivity index (χ1) is 9.75. The van der Waals surface area contributed by atoms with Gasteiger partial charge in [0.2, 0.25) is 0 Å². The first kappa shape index (κ1) is 13.6. The first-order valence-corrected chi connectivity index (χ1v) is 7.74. The molecule has 1 saturated carbocycles. The average molecular weight is 273 g/mol. The highest BCUT2D eigenvalue weighted by molar-refractivity contribution is 5.79. The Morgan fingerprint density at radius 3 is 2.90 bits per heavy atom. The van der Waals surface area contributed by atoms with E-state index in [1.54, 1.807) is 0 Å². The van der Waals surface area contributed by atoms with Crippen LogP contribution in [0.2, 0.25) is 0 Å². The van der Waals surface area contributed by atoms with Crippen LogP contribution in [0.25, 0.3) is 0 Å². The van der Waals surface area contributed by atoms with Gasteiger partial charge in [0.25, 0.3) is 0 Å². The lowest BCUT2D eigenvalue weighted by molar-refractivity contribution is -0.155. The summed E-state index contributed by atoms with van der Waals surface area (Å²) in [7, 11) is 0. The lowest BCUT2D eigenvalue weighted by atomic mass is 9.87. The fourth-order valence-electron chi connectivity index (χ4n) is 3.40. The summed E-state index contributed by atoms with van der Waals surface area (Å²) in [6.45, 7) is 3.74. The predicted molar refractivity (Wildman–Crippen MR) is 78.4 cm³/mol. The molecular weight excluding hydrogens is 250 g/mol. The Labute approximate surface area is 120 Å². The minimum Gasteiger partial charge on any atom is -0.462 e. The van der Waals surface area contributed by atoms with Crippen LogP contribution in [0.5, 0.6) is 0 Å². The van der Waals surface area contributed by atoms with Crippen molar-refractivity contribution in [3.8, 4) is 0 Å². The number of ether oxygens (including phenoxy) is 1. The third-order valence-corrected chi connectivity index (χ3v) is 4.68. The SMILES string of the molecule is CC1CCCCC1OC(=O)C1CNCc2ccccc21. The second-order valence-electron chi connectivity index (χ2n) is 6.12. The molecule has 0 radical (unpaired) electrons. The van der Waals surface area contributed by atoms with Crippen molar-refractivity contribution in [1.82, 2.24) is 5.32 Å². The van der Waals surface area contributed by atoms with E-state index in [-0.39, 0.29) is 18.0 Å². The molecule has 0 aromatic heterocycles. The lowest BCUT2D eigenvalue weighted by Gasteiger charge is -2.31. The van der Waals surface area contributed by atoms with Crippen LogP contribution in [-0.4, -0.2) is 18.6 Å². The van der Waals surface area contributed by atoms with Crippen molar-refractivity contribution in [1.29, 1.82) is 0 Å². The number of carbonyl (C=O) groups is 1. The normalized spacial score (nSPS) is 29.6. The molecule has 3 heteroatoms. The molecule has 1 aromatic rings. The van der Waals surface area contributed by atoms with Gasteiger partial charge in [0, 0.05) is 13.1 Å². The topological polar surface area (TPSA) is 38.3 Å². The molecule has 1 heterocycles. The highest BCUT2D eigenvalue weighted by Crippen LogP contribution is 2.30. The number of nitrogens with one attached hydrogen (secondary N) is 1. The molecule has 3 unspecified atom stereocenters. The molecular formula is C17H23NO2. The molecule has 3 atom stereocenters. The molecule has 20 heavy (non-hydrogen) atoms. The molecule has 0 spiro atoms. The Morgan fingerprint density at radius 2 is 2.05 bits per heavy atom. The van der Waals surface area contributed by atoms with E-state index in [2.05, 4.69) is 24.4 Å². The van der Waals surface area contributed by atoms with Gasteiger partial charge in [-0.3, -0.25) is 4.79 Å². The molecule has 3 rings (SSSR count). The number of benzene rings is 1. The van der Waals surface area contributed by atoms with E-state index in [1.807, 2.05) is 12.1 Å². The Balaban J connectivity index is 1.72. The molecule has 1 aliphatic heterocycles. The van der Waals surface area contributed by atoms with Crippen LogP contribution in [0.15, 0.2) is 24.3 Å². The average Bonchev–Trinajstić information content (AvgIpc) is 2.49. The largest absolute Gasteiger partial charge is 0.462 e. The van der Waals surface area contributed by atoms with Gasteiger partial charge in [-0.2, -0.15) is 0 Å². The minimum atomic E-state index is -0.144. The van der Waals surface area contributed by atoms with Crippen molar-refractivity contribution in [2.45, 2.75) is 51.2 Å². The van der Waals surface area contributed by atoms with Gasteiger partial charge in [-0.1, -0.05) is 37.6 Å². The molecule has 2 aliphatic rings. The Kier molecular flexibility index (Phi) is 4.06. The zero-order valence-corrected chi connectivity index (χ0v) is 12.1. The van der Waals surface area contributed by atoms with Crippen molar-refractivity contribution >= 4 is 5.97 Å². The highest BCUT2D eigenvalue weighted by atomic mass is 16.5. The van der Waals surface area contributed by atoms with Gasteiger partial charge in [0.1, 0.15) is 6.10 Å². The molecule has 3 nitrogen and oxygen atoms in total. The van der Waals surface area contributed by atoms with Gasteiger partial charge in [-0.15, -0.1) is 0 Å². The van der Waals surface area contributed by atoms with E-state index in [1.165, 1.54) is 24.8 Å². The molecule has 1 fully saturated rings. The van der Waals surface area contributed by atoms with Crippen molar-refractivity contribution < 1.29 is 9.53 Å². The second kappa shape index (κ2) is 5.96. The van der Waals surface area contributed by atoms with E-state index in [0.29, 0.717) is 12.5 Å². The predicted octanol–water partition coefficient (Wildman–Crippen LogP) is 3.00. The Morgan fingerprint density at radius 1 is 1.25 bits per heavy atom. The highest BCUT2D eigenvalue weighted by Gasteiger charge is 2.31. The smallest absolute Gasteiger partial charge is 0.315 e. The van der Waals surface area contributed by atoms with Gasteiger partial charge in [0.15, 0.2) is 0 Å². The molecule has 1 aliphatic carbocycles. The number of carbonyl (C=O) groups excluding carboxylic acids is 1. The quantitative estimate of drug-likeness (QED) is 0.842. The van der Waals surface area contributed by atoms with Gasteiger partial charge in [-0.25, -0.2) is 0 Å². The van der Waals surface area contributed by atoms with Gasteiger partial charge >= 0.3 is 5.97 Å². The maximum absolute atomic E-state index is 12.5. The van der Waals surface area contributed by atoms with E-state index in [0.717, 1.165) is 18.5 Å². The van der Waals surface area contributed by atoms with Crippen LogP contribution < -0.4 is 5.32 Å². The first-order valence-electron chi connectivity index (χ1n) is 7.74. The maximum Gasteiger partial charge on any atom is 0.315 e. The van der Waals surface area contributed by atoms with Crippen LogP contribution in [0.4, 0.5) is 0 Å². The number of hydrogen-bond donors (Lipinski definition) is 1. The third kappa shape index (κ3) is 2.73. The molecule has 1 N–H and O–H groups in total. The number of hydrogen-bond acceptors (Lipinski definition) is 3. The Bertz CT molecular complexity index is 486. The van der Waals surface area contributed by atoms with Crippen molar-refractivity contribution in [3.05, 3.63) is 35.4 Å². The standard InChI is InChI=1S/C17H23NO2/c1-12-6-2-5-9-16(12)20-17(19)15-11-18-10-13-7-3-4-8-14(13)15/h3-4,7-8,12,15-16,18H,2,5-6,9-11H2,1H3. The summed E-state index contributed by atoms with van der Waals surface area (Å²) in [5, 5.41) is 3.32. The summed E-state index contributed by atoms with van der Waals surface area (Å²) in [5.74, 6) is 0.303. The maximum atomic E-state index is 12.5. The van der Waals surface area contributed by atoms with E-state index >= 15 is 0 Å². The van der Waals surface area contributed by atoms with Crippen LogP contribution in [0.3, 0.4) is 0 Å². The summed E-state index contributed by atoms with van der Waals surface area (Å²) in [4.78, 5) is 12.5. The molecule has 0 amide bonds. The summed E-state index contributed by atoms with van der Waals surface area (Å²) in [6, 6.07) is 8.18. The van der Waals surface area contributed by atoms with E-state index < -0.39 is 0 Å². The third-order valence-electron chi connectivity index (χ3n) is 4.68. The van der Waals surface area contributed by atoms with Crippen LogP contribution >= 0.6 is 0 Å². The summed E-state index contributed by atoms with van der Waals surface area (Å²) in [5.41, 5.74) is 2.36. The van der Waals surface area contributed by atoms with Gasteiger partial charge in [-0.05, 0) is 36.3 Å². The van der Waals surface area contributed by atoms with Crippen molar-refractivity contribution in [3.63, 3.8) is 0 Å². The monoisotopic (exact) mass is 273 g/mol.